The normalized spacial score (nSPS) is 14.6. The summed E-state index contributed by atoms with van der Waals surface area (Å²) in [6.07, 6.45) is -1.15. The molecule has 5 heterocycles. The molecule has 0 saturated carbocycles. The van der Waals surface area contributed by atoms with Gasteiger partial charge in [-0.3, -0.25) is 9.78 Å². The second kappa shape index (κ2) is 10.5. The van der Waals surface area contributed by atoms with Gasteiger partial charge in [0.1, 0.15) is 22.9 Å². The number of halogens is 4. The number of aromatic carboxylic acids is 1. The minimum atomic E-state index is -4.57. The summed E-state index contributed by atoms with van der Waals surface area (Å²) in [5.41, 5.74) is 1.72. The zero-order valence-corrected chi connectivity index (χ0v) is 23.2. The Hall–Kier alpha value is -5.59. The van der Waals surface area contributed by atoms with Crippen LogP contribution in [0.25, 0.3) is 22.1 Å². The molecule has 2 aromatic carbocycles. The van der Waals surface area contributed by atoms with Crippen LogP contribution in [0.1, 0.15) is 55.8 Å². The van der Waals surface area contributed by atoms with Gasteiger partial charge in [0.2, 0.25) is 0 Å². The molecular weight excluding hydrogens is 592 g/mol. The van der Waals surface area contributed by atoms with Crippen LogP contribution in [-0.4, -0.2) is 36.0 Å². The Morgan fingerprint density at radius 1 is 1.02 bits per heavy atom. The molecule has 0 bridgehead atoms. The molecule has 0 radical (unpaired) electrons. The van der Waals surface area contributed by atoms with E-state index >= 15 is 0 Å². The Morgan fingerprint density at radius 3 is 2.64 bits per heavy atom. The lowest BCUT2D eigenvalue weighted by Crippen LogP contribution is -2.25. The van der Waals surface area contributed by atoms with E-state index in [2.05, 4.69) is 15.3 Å². The molecule has 1 aliphatic heterocycles. The number of carboxylic acid groups (broad SMARTS) is 1. The summed E-state index contributed by atoms with van der Waals surface area (Å²) in [4.78, 5) is 38.4. The van der Waals surface area contributed by atoms with E-state index in [4.69, 9.17) is 4.98 Å². The average molecular weight is 614 g/mol. The summed E-state index contributed by atoms with van der Waals surface area (Å²) in [5, 5.41) is 14.6. The van der Waals surface area contributed by atoms with Crippen molar-refractivity contribution in [2.24, 2.45) is 0 Å². The maximum absolute atomic E-state index is 13.9. The van der Waals surface area contributed by atoms with Gasteiger partial charge in [0.15, 0.2) is 5.65 Å². The Labute approximate surface area is 251 Å². The Kier molecular flexibility index (Phi) is 6.61. The average Bonchev–Trinajstić information content (AvgIpc) is 3.68. The van der Waals surface area contributed by atoms with Gasteiger partial charge in [-0.2, -0.15) is 13.2 Å². The molecule has 13 heteroatoms. The van der Waals surface area contributed by atoms with Crippen molar-refractivity contribution < 1.29 is 32.3 Å². The Balaban J connectivity index is 1.23. The molecule has 1 atom stereocenters. The van der Waals surface area contributed by atoms with Crippen molar-refractivity contribution in [3.63, 3.8) is 0 Å². The molecule has 0 saturated heterocycles. The number of carbonyl (C=O) groups excluding carboxylic acids is 2. The highest BCUT2D eigenvalue weighted by Gasteiger charge is 2.32. The number of aromatic nitrogens is 5. The number of aryl methyl sites for hydroxylation is 1. The SMILES string of the molecule is O=C([O-])c1ncccc1C1CCn2c1nc1cc(NC(=O)c3cc4cc(C(F)(F)F)ccc4n3Cc3cccc(F)c3)cnc12. The van der Waals surface area contributed by atoms with Gasteiger partial charge in [0, 0.05) is 36.1 Å². The quantitative estimate of drug-likeness (QED) is 0.260. The molecule has 6 aromatic rings. The molecule has 1 unspecified atom stereocenters. The van der Waals surface area contributed by atoms with Crippen molar-refractivity contribution in [2.45, 2.75) is 31.6 Å². The van der Waals surface area contributed by atoms with Crippen molar-refractivity contribution in [3.05, 3.63) is 119 Å². The highest BCUT2D eigenvalue weighted by atomic mass is 19.4. The van der Waals surface area contributed by atoms with Crippen molar-refractivity contribution in [3.8, 4) is 0 Å². The van der Waals surface area contributed by atoms with Gasteiger partial charge in [0.25, 0.3) is 5.91 Å². The lowest BCUT2D eigenvalue weighted by molar-refractivity contribution is -0.255. The van der Waals surface area contributed by atoms with Gasteiger partial charge in [-0.25, -0.2) is 14.4 Å². The van der Waals surface area contributed by atoms with Gasteiger partial charge >= 0.3 is 6.18 Å². The molecule has 7 rings (SSSR count). The maximum atomic E-state index is 13.9. The summed E-state index contributed by atoms with van der Waals surface area (Å²) < 4.78 is 57.7. The highest BCUT2D eigenvalue weighted by Crippen LogP contribution is 2.37. The van der Waals surface area contributed by atoms with Gasteiger partial charge in [-0.1, -0.05) is 18.2 Å². The van der Waals surface area contributed by atoms with E-state index in [0.29, 0.717) is 46.6 Å². The summed E-state index contributed by atoms with van der Waals surface area (Å²) in [6, 6.07) is 15.3. The number of nitrogens with one attached hydrogen (secondary N) is 1. The van der Waals surface area contributed by atoms with E-state index in [1.807, 2.05) is 4.57 Å². The number of anilines is 1. The number of pyridine rings is 2. The predicted octanol–water partition coefficient (Wildman–Crippen LogP) is 5.14. The monoisotopic (exact) mass is 613 g/mol. The van der Waals surface area contributed by atoms with Crippen LogP contribution >= 0.6 is 0 Å². The van der Waals surface area contributed by atoms with Gasteiger partial charge in [-0.15, -0.1) is 0 Å². The Morgan fingerprint density at radius 2 is 1.87 bits per heavy atom. The molecular formula is C32H21F4N6O3-. The number of alkyl halides is 3. The largest absolute Gasteiger partial charge is 0.543 e. The first-order valence-corrected chi connectivity index (χ1v) is 13.9. The first kappa shape index (κ1) is 28.2. The molecule has 4 aromatic heterocycles. The fourth-order valence-corrected chi connectivity index (χ4v) is 5.95. The van der Waals surface area contributed by atoms with Crippen molar-refractivity contribution in [1.29, 1.82) is 0 Å². The Bertz CT molecular complexity index is 2150. The van der Waals surface area contributed by atoms with Crippen LogP contribution < -0.4 is 10.4 Å². The number of fused-ring (bicyclic) bond motifs is 4. The third-order valence-electron chi connectivity index (χ3n) is 7.92. The lowest BCUT2D eigenvalue weighted by atomic mass is 9.95. The van der Waals surface area contributed by atoms with Crippen LogP contribution in [0.5, 0.6) is 0 Å². The number of hydrogen-bond donors (Lipinski definition) is 1. The number of imidazole rings is 1. The zero-order valence-electron chi connectivity index (χ0n) is 23.2. The van der Waals surface area contributed by atoms with E-state index in [1.165, 1.54) is 47.3 Å². The molecule has 0 spiro atoms. The van der Waals surface area contributed by atoms with Gasteiger partial charge < -0.3 is 24.4 Å². The van der Waals surface area contributed by atoms with Crippen molar-refractivity contribution in [2.75, 3.05) is 5.32 Å². The highest BCUT2D eigenvalue weighted by molar-refractivity contribution is 6.07. The third kappa shape index (κ3) is 5.05. The molecule has 1 N–H and O–H groups in total. The maximum Gasteiger partial charge on any atom is 0.416 e. The van der Waals surface area contributed by atoms with Crippen LogP contribution in [-0.2, 0) is 19.3 Å². The first-order chi connectivity index (χ1) is 21.6. The van der Waals surface area contributed by atoms with Gasteiger partial charge in [0.05, 0.1) is 29.1 Å². The van der Waals surface area contributed by atoms with Gasteiger partial charge in [-0.05, 0) is 66.1 Å². The molecule has 1 aliphatic rings. The van der Waals surface area contributed by atoms with E-state index in [0.717, 1.165) is 12.1 Å². The minimum absolute atomic E-state index is 0.0318. The van der Waals surface area contributed by atoms with Crippen LogP contribution in [0.2, 0.25) is 0 Å². The molecule has 0 fully saturated rings. The number of rotatable bonds is 6. The fraction of sp³-hybridized carbons (Fsp3) is 0.156. The minimum Gasteiger partial charge on any atom is -0.543 e. The van der Waals surface area contributed by atoms with Crippen LogP contribution in [0, 0.1) is 5.82 Å². The topological polar surface area (TPSA) is 118 Å². The second-order valence-corrected chi connectivity index (χ2v) is 10.7. The number of hydrogen-bond acceptors (Lipinski definition) is 6. The van der Waals surface area contributed by atoms with Crippen molar-refractivity contribution in [1.82, 2.24) is 24.1 Å². The molecule has 45 heavy (non-hydrogen) atoms. The number of carboxylic acids is 1. The molecule has 9 nitrogen and oxygen atoms in total. The number of amides is 1. The third-order valence-corrected chi connectivity index (χ3v) is 7.92. The summed E-state index contributed by atoms with van der Waals surface area (Å²) in [6.45, 7) is 0.570. The van der Waals surface area contributed by atoms with E-state index in [9.17, 15) is 32.3 Å². The smallest absolute Gasteiger partial charge is 0.416 e. The fourth-order valence-electron chi connectivity index (χ4n) is 5.95. The van der Waals surface area contributed by atoms with E-state index in [-0.39, 0.29) is 34.9 Å². The molecule has 226 valence electrons. The van der Waals surface area contributed by atoms with E-state index < -0.39 is 29.4 Å². The van der Waals surface area contributed by atoms with Crippen LogP contribution in [0.4, 0.5) is 23.2 Å². The molecule has 0 aliphatic carbocycles. The number of nitrogens with zero attached hydrogens (tertiary/aromatic N) is 5. The number of carbonyl (C=O) groups is 2. The number of benzene rings is 2. The van der Waals surface area contributed by atoms with Crippen LogP contribution in [0.15, 0.2) is 79.1 Å². The summed E-state index contributed by atoms with van der Waals surface area (Å²) >= 11 is 0. The first-order valence-electron chi connectivity index (χ1n) is 13.9. The lowest BCUT2D eigenvalue weighted by Gasteiger charge is -2.13. The van der Waals surface area contributed by atoms with Crippen LogP contribution in [0.3, 0.4) is 0 Å². The summed E-state index contributed by atoms with van der Waals surface area (Å²) in [5.74, 6) is -2.22. The second-order valence-electron chi connectivity index (χ2n) is 10.7. The standard InChI is InChI=1S/C32H22F4N6O3/c33-20-4-1-3-17(11-20)16-42-25-7-6-19(32(34,35)36)12-18(25)13-26(42)30(43)39-21-14-24-29(38-15-21)41-10-8-23(28(41)40-24)22-5-2-9-37-27(22)31(44)45/h1-7,9,11-15,23H,8,10,16H2,(H,39,43)(H,44,45)/p-1. The predicted molar refractivity (Wildman–Crippen MR) is 153 cm³/mol. The molecule has 1 amide bonds. The zero-order chi connectivity index (χ0) is 31.5. The van der Waals surface area contributed by atoms with E-state index in [1.54, 1.807) is 24.3 Å². The summed E-state index contributed by atoms with van der Waals surface area (Å²) in [7, 11) is 0. The van der Waals surface area contributed by atoms with Crippen molar-refractivity contribution >= 4 is 39.6 Å².